The first-order valence-corrected chi connectivity index (χ1v) is 10.4. The Bertz CT molecular complexity index is 1040. The molecule has 4 rings (SSSR count). The van der Waals surface area contributed by atoms with Gasteiger partial charge in [-0.3, -0.25) is 4.79 Å². The molecule has 0 saturated carbocycles. The summed E-state index contributed by atoms with van der Waals surface area (Å²) in [6.07, 6.45) is 0. The molecule has 32 heavy (non-hydrogen) atoms. The summed E-state index contributed by atoms with van der Waals surface area (Å²) in [5, 5.41) is 8.78. The van der Waals surface area contributed by atoms with Crippen LogP contribution in [0.3, 0.4) is 0 Å². The van der Waals surface area contributed by atoms with Crippen molar-refractivity contribution in [1.29, 1.82) is 0 Å². The second kappa shape index (κ2) is 9.55. The molecule has 1 aliphatic rings. The van der Waals surface area contributed by atoms with Gasteiger partial charge in [0.1, 0.15) is 17.2 Å². The third-order valence-electron chi connectivity index (χ3n) is 5.53. The maximum Gasteiger partial charge on any atom is 0.254 e. The summed E-state index contributed by atoms with van der Waals surface area (Å²) in [4.78, 5) is 17.0. The first-order valence-electron chi connectivity index (χ1n) is 10.4. The molecule has 1 aromatic heterocycles. The van der Waals surface area contributed by atoms with Crippen LogP contribution in [0.1, 0.15) is 10.4 Å². The van der Waals surface area contributed by atoms with E-state index in [4.69, 9.17) is 14.2 Å². The fraction of sp³-hybridized carbons (Fsp3) is 0.292. The Morgan fingerprint density at radius 3 is 1.91 bits per heavy atom. The van der Waals surface area contributed by atoms with Crippen LogP contribution in [0, 0.1) is 0 Å². The quantitative estimate of drug-likeness (QED) is 0.590. The number of hydrogen-bond acceptors (Lipinski definition) is 7. The Morgan fingerprint density at radius 2 is 1.38 bits per heavy atom. The Balaban J connectivity index is 1.39. The number of amides is 1. The molecular formula is C24H26N4O4. The second-order valence-corrected chi connectivity index (χ2v) is 7.39. The molecule has 8 heteroatoms. The van der Waals surface area contributed by atoms with E-state index < -0.39 is 0 Å². The van der Waals surface area contributed by atoms with E-state index in [0.717, 1.165) is 22.8 Å². The Hall–Kier alpha value is -3.81. The lowest BCUT2D eigenvalue weighted by Crippen LogP contribution is -2.49. The van der Waals surface area contributed by atoms with Gasteiger partial charge in [0.15, 0.2) is 5.82 Å². The Kier molecular flexibility index (Phi) is 6.39. The van der Waals surface area contributed by atoms with E-state index in [9.17, 15) is 4.79 Å². The highest BCUT2D eigenvalue weighted by Crippen LogP contribution is 2.25. The lowest BCUT2D eigenvalue weighted by Gasteiger charge is -2.35. The van der Waals surface area contributed by atoms with E-state index in [0.29, 0.717) is 43.2 Å². The fourth-order valence-electron chi connectivity index (χ4n) is 3.66. The van der Waals surface area contributed by atoms with Crippen LogP contribution < -0.4 is 19.1 Å². The standard InChI is InChI=1S/C24H26N4O4/c1-30-19-6-4-17(5-7-19)22-8-9-23(26-25-22)27-10-12-28(13-11-27)24(29)18-14-20(31-2)16-21(15-18)32-3/h4-9,14-16H,10-13H2,1-3H3. The Morgan fingerprint density at radius 1 is 0.750 bits per heavy atom. The molecule has 2 heterocycles. The van der Waals surface area contributed by atoms with Crippen molar-refractivity contribution >= 4 is 11.7 Å². The van der Waals surface area contributed by atoms with Gasteiger partial charge in [-0.1, -0.05) is 0 Å². The molecule has 0 aliphatic carbocycles. The van der Waals surface area contributed by atoms with Crippen molar-refractivity contribution in [2.75, 3.05) is 52.4 Å². The van der Waals surface area contributed by atoms with Gasteiger partial charge in [-0.2, -0.15) is 0 Å². The minimum atomic E-state index is -0.0391. The number of carbonyl (C=O) groups excluding carboxylic acids is 1. The molecule has 0 N–H and O–H groups in total. The molecule has 0 radical (unpaired) electrons. The molecule has 0 spiro atoms. The average Bonchev–Trinajstić information content (AvgIpc) is 2.88. The van der Waals surface area contributed by atoms with E-state index in [1.54, 1.807) is 39.5 Å². The van der Waals surface area contributed by atoms with Crippen LogP contribution >= 0.6 is 0 Å². The highest BCUT2D eigenvalue weighted by molar-refractivity contribution is 5.95. The minimum absolute atomic E-state index is 0.0391. The number of carbonyl (C=O) groups is 1. The zero-order valence-electron chi connectivity index (χ0n) is 18.4. The lowest BCUT2D eigenvalue weighted by molar-refractivity contribution is 0.0745. The molecule has 1 amide bonds. The monoisotopic (exact) mass is 434 g/mol. The highest BCUT2D eigenvalue weighted by Gasteiger charge is 2.24. The Labute approximate surface area is 187 Å². The first kappa shape index (κ1) is 21.4. The van der Waals surface area contributed by atoms with Crippen LogP contribution in [-0.4, -0.2) is 68.5 Å². The molecule has 1 fully saturated rings. The molecular weight excluding hydrogens is 408 g/mol. The zero-order chi connectivity index (χ0) is 22.5. The molecule has 2 aromatic carbocycles. The molecule has 3 aromatic rings. The van der Waals surface area contributed by atoms with E-state index in [1.165, 1.54) is 0 Å². The minimum Gasteiger partial charge on any atom is -0.497 e. The smallest absolute Gasteiger partial charge is 0.254 e. The van der Waals surface area contributed by atoms with Gasteiger partial charge in [-0.15, -0.1) is 10.2 Å². The molecule has 0 unspecified atom stereocenters. The number of methoxy groups -OCH3 is 3. The summed E-state index contributed by atoms with van der Waals surface area (Å²) in [7, 11) is 4.79. The SMILES string of the molecule is COc1ccc(-c2ccc(N3CCN(C(=O)c4cc(OC)cc(OC)c4)CC3)nn2)cc1. The molecule has 166 valence electrons. The van der Waals surface area contributed by atoms with Crippen LogP contribution in [0.5, 0.6) is 17.2 Å². The molecule has 1 aliphatic heterocycles. The van der Waals surface area contributed by atoms with Gasteiger partial charge < -0.3 is 24.0 Å². The van der Waals surface area contributed by atoms with Crippen LogP contribution in [-0.2, 0) is 0 Å². The summed E-state index contributed by atoms with van der Waals surface area (Å²) < 4.78 is 15.8. The van der Waals surface area contributed by atoms with Crippen molar-refractivity contribution in [3.8, 4) is 28.5 Å². The van der Waals surface area contributed by atoms with Crippen molar-refractivity contribution in [1.82, 2.24) is 15.1 Å². The largest absolute Gasteiger partial charge is 0.497 e. The zero-order valence-corrected chi connectivity index (χ0v) is 18.4. The predicted octanol–water partition coefficient (Wildman–Crippen LogP) is 3.13. The normalized spacial score (nSPS) is 13.6. The lowest BCUT2D eigenvalue weighted by atomic mass is 10.1. The molecule has 8 nitrogen and oxygen atoms in total. The summed E-state index contributed by atoms with van der Waals surface area (Å²) in [5.41, 5.74) is 2.34. The third-order valence-corrected chi connectivity index (χ3v) is 5.53. The maximum absolute atomic E-state index is 13.0. The van der Waals surface area contributed by atoms with Crippen molar-refractivity contribution in [3.63, 3.8) is 0 Å². The van der Waals surface area contributed by atoms with E-state index in [2.05, 4.69) is 15.1 Å². The van der Waals surface area contributed by atoms with Gasteiger partial charge in [0, 0.05) is 43.4 Å². The van der Waals surface area contributed by atoms with Crippen LogP contribution in [0.4, 0.5) is 5.82 Å². The number of aromatic nitrogens is 2. The van der Waals surface area contributed by atoms with Crippen molar-refractivity contribution in [2.45, 2.75) is 0 Å². The molecule has 0 bridgehead atoms. The van der Waals surface area contributed by atoms with E-state index in [1.807, 2.05) is 41.3 Å². The summed E-state index contributed by atoms with van der Waals surface area (Å²) >= 11 is 0. The van der Waals surface area contributed by atoms with Crippen LogP contribution in [0.25, 0.3) is 11.3 Å². The van der Waals surface area contributed by atoms with Crippen molar-refractivity contribution in [3.05, 3.63) is 60.2 Å². The highest BCUT2D eigenvalue weighted by atomic mass is 16.5. The second-order valence-electron chi connectivity index (χ2n) is 7.39. The first-order chi connectivity index (χ1) is 15.6. The third kappa shape index (κ3) is 4.59. The number of ether oxygens (including phenoxy) is 3. The van der Waals surface area contributed by atoms with Gasteiger partial charge in [-0.05, 0) is 48.5 Å². The average molecular weight is 434 g/mol. The van der Waals surface area contributed by atoms with Gasteiger partial charge in [0.05, 0.1) is 27.0 Å². The number of anilines is 1. The van der Waals surface area contributed by atoms with E-state index >= 15 is 0 Å². The van der Waals surface area contributed by atoms with Crippen LogP contribution in [0.15, 0.2) is 54.6 Å². The number of piperazine rings is 1. The van der Waals surface area contributed by atoms with Crippen LogP contribution in [0.2, 0.25) is 0 Å². The topological polar surface area (TPSA) is 77.0 Å². The predicted molar refractivity (Wildman–Crippen MR) is 122 cm³/mol. The number of hydrogen-bond donors (Lipinski definition) is 0. The summed E-state index contributed by atoms with van der Waals surface area (Å²) in [6, 6.07) is 16.9. The number of rotatable bonds is 6. The van der Waals surface area contributed by atoms with Gasteiger partial charge >= 0.3 is 0 Å². The number of benzene rings is 2. The van der Waals surface area contributed by atoms with Crippen molar-refractivity contribution < 1.29 is 19.0 Å². The van der Waals surface area contributed by atoms with Gasteiger partial charge in [0.25, 0.3) is 5.91 Å². The van der Waals surface area contributed by atoms with Gasteiger partial charge in [-0.25, -0.2) is 0 Å². The summed E-state index contributed by atoms with van der Waals surface area (Å²) in [6.45, 7) is 2.56. The van der Waals surface area contributed by atoms with Gasteiger partial charge in [0.2, 0.25) is 0 Å². The van der Waals surface area contributed by atoms with Crippen molar-refractivity contribution in [2.24, 2.45) is 0 Å². The fourth-order valence-corrected chi connectivity index (χ4v) is 3.66. The number of nitrogens with zero attached hydrogens (tertiary/aromatic N) is 4. The molecule has 1 saturated heterocycles. The van der Waals surface area contributed by atoms with E-state index in [-0.39, 0.29) is 5.91 Å². The maximum atomic E-state index is 13.0. The summed E-state index contributed by atoms with van der Waals surface area (Å²) in [5.74, 6) is 2.76. The molecule has 0 atom stereocenters.